The van der Waals surface area contributed by atoms with Crippen LogP contribution in [0, 0.1) is 17.7 Å². The molecule has 0 saturated heterocycles. The number of thiophene rings is 1. The fraction of sp³-hybridized carbons (Fsp3) is 0.125. The van der Waals surface area contributed by atoms with E-state index in [0.717, 1.165) is 31.7 Å². The second kappa shape index (κ2) is 8.38. The zero-order valence-corrected chi connectivity index (χ0v) is 18.0. The molecule has 0 fully saturated rings. The Balaban J connectivity index is 1.43. The third kappa shape index (κ3) is 4.04. The maximum Gasteiger partial charge on any atom is 0.151 e. The Hall–Kier alpha value is -3.80. The van der Waals surface area contributed by atoms with Gasteiger partial charge in [0.2, 0.25) is 0 Å². The van der Waals surface area contributed by atoms with Crippen molar-refractivity contribution in [1.29, 1.82) is 0 Å². The molecule has 0 saturated carbocycles. The summed E-state index contributed by atoms with van der Waals surface area (Å²) in [7, 11) is 0. The van der Waals surface area contributed by atoms with Crippen molar-refractivity contribution in [2.75, 3.05) is 5.32 Å². The van der Waals surface area contributed by atoms with Gasteiger partial charge >= 0.3 is 0 Å². The monoisotopic (exact) mass is 442 g/mol. The maximum absolute atomic E-state index is 14.0. The van der Waals surface area contributed by atoms with E-state index in [0.29, 0.717) is 17.9 Å². The van der Waals surface area contributed by atoms with Crippen LogP contribution in [0.4, 0.5) is 15.9 Å². The zero-order valence-electron chi connectivity index (χ0n) is 17.2. The number of nitrogens with two attached hydrogens (primary N) is 1. The number of halogens is 1. The highest BCUT2D eigenvalue weighted by atomic mass is 32.1. The largest absolute Gasteiger partial charge is 0.339 e. The number of aromatic nitrogens is 4. The van der Waals surface area contributed by atoms with Gasteiger partial charge in [-0.15, -0.1) is 11.3 Å². The summed E-state index contributed by atoms with van der Waals surface area (Å²) in [5.41, 5.74) is 8.97. The topological polar surface area (TPSA) is 81.7 Å². The van der Waals surface area contributed by atoms with Crippen LogP contribution in [0.3, 0.4) is 0 Å². The van der Waals surface area contributed by atoms with Crippen molar-refractivity contribution < 1.29 is 4.39 Å². The molecule has 2 aromatic carbocycles. The van der Waals surface area contributed by atoms with Crippen LogP contribution in [0.15, 0.2) is 61.1 Å². The molecule has 5 aromatic rings. The van der Waals surface area contributed by atoms with Gasteiger partial charge in [0.1, 0.15) is 12.1 Å². The quantitative estimate of drug-likeness (QED) is 0.395. The number of nitrogens with one attached hydrogen (secondary N) is 1. The summed E-state index contributed by atoms with van der Waals surface area (Å²) >= 11 is 1.53. The minimum absolute atomic E-state index is 0.185. The Labute approximate surface area is 187 Å². The lowest BCUT2D eigenvalue weighted by atomic mass is 10.2. The van der Waals surface area contributed by atoms with Crippen molar-refractivity contribution in [2.24, 2.45) is 5.73 Å². The first-order chi connectivity index (χ1) is 15.6. The van der Waals surface area contributed by atoms with E-state index in [-0.39, 0.29) is 11.9 Å². The third-order valence-corrected chi connectivity index (χ3v) is 5.96. The predicted octanol–water partition coefficient (Wildman–Crippen LogP) is 4.67. The molecule has 3 N–H and O–H groups in total. The van der Waals surface area contributed by atoms with Gasteiger partial charge < -0.3 is 11.1 Å². The van der Waals surface area contributed by atoms with Crippen LogP contribution in [0.25, 0.3) is 21.1 Å². The van der Waals surface area contributed by atoms with Crippen molar-refractivity contribution in [3.63, 3.8) is 0 Å². The highest BCUT2D eigenvalue weighted by Crippen LogP contribution is 2.31. The first-order valence-corrected chi connectivity index (χ1v) is 10.9. The normalized spacial score (nSPS) is 12.0. The summed E-state index contributed by atoms with van der Waals surface area (Å²) in [5.74, 6) is 6.54. The van der Waals surface area contributed by atoms with Gasteiger partial charge in [0.15, 0.2) is 5.82 Å². The van der Waals surface area contributed by atoms with Crippen molar-refractivity contribution in [1.82, 2.24) is 19.7 Å². The van der Waals surface area contributed by atoms with Crippen LogP contribution in [0.1, 0.15) is 17.4 Å². The molecule has 5 rings (SSSR count). The average molecular weight is 443 g/mol. The molecule has 0 radical (unpaired) electrons. The molecule has 32 heavy (non-hydrogen) atoms. The standard InChI is InChI=1S/C24H19FN6S/c1-15(26)6-8-19-11-21-23(32-19)24(28-14-27-21)30-18-7-9-22-17(10-18)12-29-31(22)13-16-4-2-3-5-20(16)25/h2-5,7,9-12,14-15H,13,26H2,1H3,(H,27,28,30)/t15-/m1/s1. The first kappa shape index (κ1) is 20.1. The third-order valence-electron chi connectivity index (χ3n) is 4.92. The van der Waals surface area contributed by atoms with E-state index < -0.39 is 0 Å². The molecule has 0 aliphatic heterocycles. The lowest BCUT2D eigenvalue weighted by molar-refractivity contribution is 0.590. The highest BCUT2D eigenvalue weighted by molar-refractivity contribution is 7.20. The molecule has 0 amide bonds. The van der Waals surface area contributed by atoms with E-state index in [2.05, 4.69) is 32.2 Å². The molecule has 3 aromatic heterocycles. The Kier molecular flexibility index (Phi) is 5.27. The molecule has 3 heterocycles. The van der Waals surface area contributed by atoms with Crippen LogP contribution < -0.4 is 11.1 Å². The molecule has 0 aliphatic rings. The second-order valence-corrected chi connectivity index (χ2v) is 8.45. The number of benzene rings is 2. The lowest BCUT2D eigenvalue weighted by Gasteiger charge is -2.08. The van der Waals surface area contributed by atoms with Gasteiger partial charge in [0.05, 0.1) is 39.4 Å². The minimum atomic E-state index is -0.233. The molecule has 1 atom stereocenters. The SMILES string of the molecule is C[C@@H](N)C#Cc1cc2ncnc(Nc3ccc4c(cnn4Cc4ccccc4F)c3)c2s1. The number of anilines is 2. The first-order valence-electron chi connectivity index (χ1n) is 10.0. The van der Waals surface area contributed by atoms with Crippen LogP contribution in [0.2, 0.25) is 0 Å². The van der Waals surface area contributed by atoms with Gasteiger partial charge in [-0.1, -0.05) is 30.0 Å². The van der Waals surface area contributed by atoms with E-state index in [1.54, 1.807) is 23.0 Å². The molecule has 0 unspecified atom stereocenters. The van der Waals surface area contributed by atoms with Crippen molar-refractivity contribution >= 4 is 44.0 Å². The molecular formula is C24H19FN6S. The average Bonchev–Trinajstić information content (AvgIpc) is 3.38. The molecule has 0 bridgehead atoms. The van der Waals surface area contributed by atoms with Crippen LogP contribution >= 0.6 is 11.3 Å². The molecule has 8 heteroatoms. The maximum atomic E-state index is 14.0. The van der Waals surface area contributed by atoms with Gasteiger partial charge in [0, 0.05) is 16.6 Å². The van der Waals surface area contributed by atoms with E-state index >= 15 is 0 Å². The number of rotatable bonds is 4. The van der Waals surface area contributed by atoms with Crippen molar-refractivity contribution in [3.8, 4) is 11.8 Å². The van der Waals surface area contributed by atoms with Crippen molar-refractivity contribution in [3.05, 3.63) is 77.3 Å². The summed E-state index contributed by atoms with van der Waals surface area (Å²) in [6.45, 7) is 2.22. The predicted molar refractivity (Wildman–Crippen MR) is 126 cm³/mol. The second-order valence-electron chi connectivity index (χ2n) is 7.40. The van der Waals surface area contributed by atoms with Gasteiger partial charge in [-0.3, -0.25) is 4.68 Å². The summed E-state index contributed by atoms with van der Waals surface area (Å²) in [4.78, 5) is 9.66. The Bertz CT molecular complexity index is 1490. The Morgan fingerprint density at radius 3 is 2.91 bits per heavy atom. The summed E-state index contributed by atoms with van der Waals surface area (Å²) in [6, 6.07) is 14.4. The molecule has 0 aliphatic carbocycles. The van der Waals surface area contributed by atoms with E-state index in [4.69, 9.17) is 5.73 Å². The Morgan fingerprint density at radius 2 is 2.06 bits per heavy atom. The van der Waals surface area contributed by atoms with E-state index in [1.165, 1.54) is 23.7 Å². The number of nitrogens with zero attached hydrogens (tertiary/aromatic N) is 4. The van der Waals surface area contributed by atoms with Gasteiger partial charge in [-0.2, -0.15) is 5.10 Å². The van der Waals surface area contributed by atoms with Crippen LogP contribution in [-0.2, 0) is 6.54 Å². The molecule has 6 nitrogen and oxygen atoms in total. The van der Waals surface area contributed by atoms with Crippen molar-refractivity contribution in [2.45, 2.75) is 19.5 Å². The van der Waals surface area contributed by atoms with Crippen LogP contribution in [-0.4, -0.2) is 25.8 Å². The fourth-order valence-corrected chi connectivity index (χ4v) is 4.32. The number of hydrogen-bond acceptors (Lipinski definition) is 6. The minimum Gasteiger partial charge on any atom is -0.339 e. The summed E-state index contributed by atoms with van der Waals surface area (Å²) in [5, 5.41) is 8.77. The summed E-state index contributed by atoms with van der Waals surface area (Å²) < 4.78 is 16.8. The number of fused-ring (bicyclic) bond motifs is 2. The van der Waals surface area contributed by atoms with E-state index in [1.807, 2.05) is 37.3 Å². The van der Waals surface area contributed by atoms with Gasteiger partial charge in [-0.05, 0) is 37.3 Å². The fourth-order valence-electron chi connectivity index (χ4n) is 3.41. The summed E-state index contributed by atoms with van der Waals surface area (Å²) in [6.07, 6.45) is 3.31. The van der Waals surface area contributed by atoms with Crippen LogP contribution in [0.5, 0.6) is 0 Å². The lowest BCUT2D eigenvalue weighted by Crippen LogP contribution is -2.10. The molecule has 158 valence electrons. The Morgan fingerprint density at radius 1 is 1.19 bits per heavy atom. The zero-order chi connectivity index (χ0) is 22.1. The van der Waals surface area contributed by atoms with Gasteiger partial charge in [-0.25, -0.2) is 14.4 Å². The molecular weight excluding hydrogens is 423 g/mol. The smallest absolute Gasteiger partial charge is 0.151 e. The molecule has 0 spiro atoms. The van der Waals surface area contributed by atoms with E-state index in [9.17, 15) is 4.39 Å². The highest BCUT2D eigenvalue weighted by Gasteiger charge is 2.11. The number of hydrogen-bond donors (Lipinski definition) is 2. The van der Waals surface area contributed by atoms with Gasteiger partial charge in [0.25, 0.3) is 0 Å².